The highest BCUT2D eigenvalue weighted by atomic mass is 14.1. The van der Waals surface area contributed by atoms with Crippen molar-refractivity contribution in [3.8, 4) is 11.1 Å². The molecule has 2 aromatic rings. The molecule has 75 valence electrons. The van der Waals surface area contributed by atoms with E-state index in [1.54, 1.807) is 0 Å². The highest BCUT2D eigenvalue weighted by Gasteiger charge is 2.05. The third-order valence-corrected chi connectivity index (χ3v) is 2.66. The molecule has 0 nitrogen and oxygen atoms in total. The van der Waals surface area contributed by atoms with Crippen LogP contribution in [0.5, 0.6) is 0 Å². The topological polar surface area (TPSA) is 0 Å². The molecule has 15 heavy (non-hydrogen) atoms. The zero-order valence-electron chi connectivity index (χ0n) is 9.46. The average Bonchev–Trinajstić information content (AvgIpc) is 2.17. The summed E-state index contributed by atoms with van der Waals surface area (Å²) in [6.07, 6.45) is 0. The molecule has 0 bridgehead atoms. The van der Waals surface area contributed by atoms with Crippen LogP contribution in [0.15, 0.2) is 36.4 Å². The summed E-state index contributed by atoms with van der Waals surface area (Å²) in [5, 5.41) is 0. The van der Waals surface area contributed by atoms with Gasteiger partial charge in [0.05, 0.1) is 0 Å². The van der Waals surface area contributed by atoms with Crippen LogP contribution in [0.1, 0.15) is 16.7 Å². The van der Waals surface area contributed by atoms with Crippen LogP contribution in [0.2, 0.25) is 0 Å². The maximum Gasteiger partial charge on any atom is -0.00990 e. The number of hydrogen-bond donors (Lipinski definition) is 0. The summed E-state index contributed by atoms with van der Waals surface area (Å²) in [5.41, 5.74) is 6.49. The minimum absolute atomic E-state index is 1.19. The quantitative estimate of drug-likeness (QED) is 0.643. The van der Waals surface area contributed by atoms with Gasteiger partial charge >= 0.3 is 0 Å². The molecule has 0 aliphatic carbocycles. The standard InChI is InChI=1S/C15H15/c1-11-9-12(2)15(13(3)10-11)14-7-5-4-6-8-14/h4-7,9-10H,1-3H3. The van der Waals surface area contributed by atoms with E-state index >= 15 is 0 Å². The predicted molar refractivity (Wildman–Crippen MR) is 64.9 cm³/mol. The fourth-order valence-corrected chi connectivity index (χ4v) is 2.15. The highest BCUT2D eigenvalue weighted by Crippen LogP contribution is 2.27. The van der Waals surface area contributed by atoms with Crippen molar-refractivity contribution in [1.82, 2.24) is 0 Å². The number of hydrogen-bond acceptors (Lipinski definition) is 0. The van der Waals surface area contributed by atoms with Crippen LogP contribution in [0, 0.1) is 26.8 Å². The van der Waals surface area contributed by atoms with Crippen molar-refractivity contribution < 1.29 is 0 Å². The molecule has 0 aliphatic rings. The van der Waals surface area contributed by atoms with Gasteiger partial charge < -0.3 is 0 Å². The summed E-state index contributed by atoms with van der Waals surface area (Å²) in [6.45, 7) is 6.46. The van der Waals surface area contributed by atoms with E-state index < -0.39 is 0 Å². The van der Waals surface area contributed by atoms with Crippen molar-refractivity contribution >= 4 is 0 Å². The fourth-order valence-electron chi connectivity index (χ4n) is 2.15. The lowest BCUT2D eigenvalue weighted by molar-refractivity contribution is 1.32. The molecular weight excluding hydrogens is 180 g/mol. The van der Waals surface area contributed by atoms with E-state index in [-0.39, 0.29) is 0 Å². The lowest BCUT2D eigenvalue weighted by Gasteiger charge is -2.10. The van der Waals surface area contributed by atoms with Gasteiger partial charge in [0.2, 0.25) is 0 Å². The van der Waals surface area contributed by atoms with Crippen molar-refractivity contribution in [3.05, 3.63) is 59.2 Å². The average molecular weight is 195 g/mol. The van der Waals surface area contributed by atoms with E-state index in [0.29, 0.717) is 0 Å². The van der Waals surface area contributed by atoms with Gasteiger partial charge in [0, 0.05) is 0 Å². The van der Waals surface area contributed by atoms with Gasteiger partial charge in [-0.3, -0.25) is 0 Å². The second-order valence-electron chi connectivity index (χ2n) is 4.05. The molecule has 2 rings (SSSR count). The van der Waals surface area contributed by atoms with Crippen LogP contribution < -0.4 is 0 Å². The monoisotopic (exact) mass is 195 g/mol. The van der Waals surface area contributed by atoms with Crippen molar-refractivity contribution in [3.63, 3.8) is 0 Å². The van der Waals surface area contributed by atoms with Gasteiger partial charge in [-0.15, -0.1) is 0 Å². The fraction of sp³-hybridized carbons (Fsp3) is 0.200. The van der Waals surface area contributed by atoms with Crippen LogP contribution in [0.4, 0.5) is 0 Å². The maximum atomic E-state index is 3.29. The maximum absolute atomic E-state index is 3.29. The Morgan fingerprint density at radius 1 is 0.933 bits per heavy atom. The zero-order chi connectivity index (χ0) is 10.8. The molecule has 0 heteroatoms. The normalized spacial score (nSPS) is 10.3. The Bertz CT molecular complexity index is 444. The largest absolute Gasteiger partial charge is 0.0616 e. The van der Waals surface area contributed by atoms with Crippen molar-refractivity contribution in [2.75, 3.05) is 0 Å². The summed E-state index contributed by atoms with van der Waals surface area (Å²) in [7, 11) is 0. The van der Waals surface area contributed by atoms with Crippen molar-refractivity contribution in [1.29, 1.82) is 0 Å². The van der Waals surface area contributed by atoms with E-state index in [4.69, 9.17) is 0 Å². The second kappa shape index (κ2) is 3.90. The SMILES string of the molecule is Cc1cc(C)c(-c2[c]cccc2)c(C)c1. The van der Waals surface area contributed by atoms with Crippen LogP contribution in [-0.2, 0) is 0 Å². The molecule has 0 atom stereocenters. The lowest BCUT2D eigenvalue weighted by atomic mass is 9.94. The third-order valence-electron chi connectivity index (χ3n) is 2.66. The number of rotatable bonds is 1. The molecule has 2 aromatic carbocycles. The Morgan fingerprint density at radius 2 is 1.60 bits per heavy atom. The van der Waals surface area contributed by atoms with Crippen LogP contribution in [0.3, 0.4) is 0 Å². The first-order chi connectivity index (χ1) is 7.18. The van der Waals surface area contributed by atoms with Gasteiger partial charge in [0.1, 0.15) is 0 Å². The first kappa shape index (κ1) is 9.97. The van der Waals surface area contributed by atoms with E-state index in [0.717, 1.165) is 0 Å². The zero-order valence-corrected chi connectivity index (χ0v) is 9.46. The summed E-state index contributed by atoms with van der Waals surface area (Å²) in [6, 6.07) is 15.9. The van der Waals surface area contributed by atoms with E-state index in [2.05, 4.69) is 51.1 Å². The van der Waals surface area contributed by atoms with Gasteiger partial charge in [-0.1, -0.05) is 42.0 Å². The van der Waals surface area contributed by atoms with Crippen molar-refractivity contribution in [2.24, 2.45) is 0 Å². The Labute approximate surface area is 91.6 Å². The molecule has 0 heterocycles. The molecule has 0 unspecified atom stereocenters. The molecule has 0 spiro atoms. The number of benzene rings is 2. The smallest absolute Gasteiger partial charge is 0.00990 e. The molecular formula is C15H15. The van der Waals surface area contributed by atoms with E-state index in [9.17, 15) is 0 Å². The Balaban J connectivity index is 2.64. The van der Waals surface area contributed by atoms with Gasteiger partial charge in [-0.25, -0.2) is 0 Å². The Morgan fingerprint density at radius 3 is 2.13 bits per heavy atom. The summed E-state index contributed by atoms with van der Waals surface area (Å²) >= 11 is 0. The summed E-state index contributed by atoms with van der Waals surface area (Å²) in [4.78, 5) is 0. The summed E-state index contributed by atoms with van der Waals surface area (Å²) < 4.78 is 0. The van der Waals surface area contributed by atoms with Crippen LogP contribution in [-0.4, -0.2) is 0 Å². The Kier molecular flexibility index (Phi) is 2.59. The van der Waals surface area contributed by atoms with Crippen LogP contribution in [0.25, 0.3) is 11.1 Å². The lowest BCUT2D eigenvalue weighted by Crippen LogP contribution is -1.89. The molecule has 0 aliphatic heterocycles. The molecule has 0 aromatic heterocycles. The second-order valence-corrected chi connectivity index (χ2v) is 4.05. The first-order valence-corrected chi connectivity index (χ1v) is 5.23. The van der Waals surface area contributed by atoms with Crippen LogP contribution >= 0.6 is 0 Å². The predicted octanol–water partition coefficient (Wildman–Crippen LogP) is 4.08. The first-order valence-electron chi connectivity index (χ1n) is 5.23. The molecule has 1 radical (unpaired) electrons. The summed E-state index contributed by atoms with van der Waals surface area (Å²) in [5.74, 6) is 0. The van der Waals surface area contributed by atoms with Gasteiger partial charge in [0.15, 0.2) is 0 Å². The minimum atomic E-state index is 1.19. The van der Waals surface area contributed by atoms with Gasteiger partial charge in [0.25, 0.3) is 0 Å². The Hall–Kier alpha value is -1.56. The molecule has 0 amide bonds. The third kappa shape index (κ3) is 1.94. The van der Waals surface area contributed by atoms with E-state index in [1.807, 2.05) is 12.1 Å². The minimum Gasteiger partial charge on any atom is -0.0616 e. The molecule has 0 saturated heterocycles. The molecule has 0 fully saturated rings. The van der Waals surface area contributed by atoms with Gasteiger partial charge in [-0.2, -0.15) is 0 Å². The van der Waals surface area contributed by atoms with Gasteiger partial charge in [-0.05, 0) is 49.1 Å². The molecule has 0 N–H and O–H groups in total. The molecule has 0 saturated carbocycles. The number of aryl methyl sites for hydroxylation is 3. The van der Waals surface area contributed by atoms with E-state index in [1.165, 1.54) is 27.8 Å². The van der Waals surface area contributed by atoms with Crippen molar-refractivity contribution in [2.45, 2.75) is 20.8 Å². The highest BCUT2D eigenvalue weighted by molar-refractivity contribution is 5.70.